The van der Waals surface area contributed by atoms with Gasteiger partial charge in [0.2, 0.25) is 0 Å². The molecule has 15 heavy (non-hydrogen) atoms. The van der Waals surface area contributed by atoms with Crippen LogP contribution in [0.4, 0.5) is 13.2 Å². The lowest BCUT2D eigenvalue weighted by Crippen LogP contribution is -2.36. The second-order valence-corrected chi connectivity index (χ2v) is 3.33. The van der Waals surface area contributed by atoms with Crippen LogP contribution in [0, 0.1) is 0 Å². The van der Waals surface area contributed by atoms with Gasteiger partial charge in [0.15, 0.2) is 6.04 Å². The van der Waals surface area contributed by atoms with Crippen LogP contribution in [0.3, 0.4) is 0 Å². The maximum absolute atomic E-state index is 12.7. The first-order chi connectivity index (χ1) is 6.96. The molecule has 1 N–H and O–H groups in total. The standard InChI is InChI=1S/C9H14F3N3/c1-3-4-13-7(9(10,11)12)8-14-5-6-15(8)2/h5-7,13H,3-4H2,1-2H3. The lowest BCUT2D eigenvalue weighted by Gasteiger charge is -2.20. The second-order valence-electron chi connectivity index (χ2n) is 3.33. The Morgan fingerprint density at radius 1 is 1.53 bits per heavy atom. The number of imidazole rings is 1. The molecule has 3 nitrogen and oxygen atoms in total. The number of aryl methyl sites for hydroxylation is 1. The average Bonchev–Trinajstić information content (AvgIpc) is 2.51. The number of alkyl halides is 3. The van der Waals surface area contributed by atoms with Crippen molar-refractivity contribution in [2.45, 2.75) is 25.6 Å². The Hall–Kier alpha value is -1.04. The molecule has 0 fully saturated rings. The fraction of sp³-hybridized carbons (Fsp3) is 0.667. The summed E-state index contributed by atoms with van der Waals surface area (Å²) in [5.41, 5.74) is 0. The normalized spacial score (nSPS) is 14.2. The molecule has 0 aliphatic carbocycles. The number of nitrogens with zero attached hydrogens (tertiary/aromatic N) is 2. The Morgan fingerprint density at radius 3 is 2.60 bits per heavy atom. The molecule has 0 amide bonds. The van der Waals surface area contributed by atoms with Crippen molar-refractivity contribution in [1.82, 2.24) is 14.9 Å². The Bertz CT molecular complexity index is 306. The van der Waals surface area contributed by atoms with Crippen LogP contribution in [0.2, 0.25) is 0 Å². The maximum atomic E-state index is 12.7. The lowest BCUT2D eigenvalue weighted by atomic mass is 10.2. The average molecular weight is 221 g/mol. The van der Waals surface area contributed by atoms with E-state index in [1.54, 1.807) is 7.05 Å². The van der Waals surface area contributed by atoms with E-state index in [9.17, 15) is 13.2 Å². The molecule has 1 aromatic heterocycles. The first kappa shape index (κ1) is 12.0. The van der Waals surface area contributed by atoms with E-state index in [0.717, 1.165) is 0 Å². The third-order valence-corrected chi connectivity index (χ3v) is 2.04. The van der Waals surface area contributed by atoms with Gasteiger partial charge in [0.25, 0.3) is 0 Å². The van der Waals surface area contributed by atoms with E-state index in [1.165, 1.54) is 17.0 Å². The van der Waals surface area contributed by atoms with Crippen LogP contribution in [-0.2, 0) is 7.05 Å². The van der Waals surface area contributed by atoms with Crippen LogP contribution in [0.15, 0.2) is 12.4 Å². The van der Waals surface area contributed by atoms with E-state index in [2.05, 4.69) is 10.3 Å². The number of halogens is 3. The Labute approximate surface area is 86.3 Å². The molecular formula is C9H14F3N3. The largest absolute Gasteiger partial charge is 0.410 e. The highest BCUT2D eigenvalue weighted by Gasteiger charge is 2.42. The van der Waals surface area contributed by atoms with Gasteiger partial charge in [-0.2, -0.15) is 13.2 Å². The number of nitrogens with one attached hydrogen (secondary N) is 1. The van der Waals surface area contributed by atoms with Crippen LogP contribution >= 0.6 is 0 Å². The van der Waals surface area contributed by atoms with Crippen molar-refractivity contribution < 1.29 is 13.2 Å². The second kappa shape index (κ2) is 4.65. The van der Waals surface area contributed by atoms with E-state index < -0.39 is 12.2 Å². The minimum atomic E-state index is -4.31. The maximum Gasteiger partial charge on any atom is 0.410 e. The summed E-state index contributed by atoms with van der Waals surface area (Å²) >= 11 is 0. The molecule has 0 spiro atoms. The van der Waals surface area contributed by atoms with Gasteiger partial charge in [0.1, 0.15) is 5.82 Å². The Balaban J connectivity index is 2.87. The van der Waals surface area contributed by atoms with Crippen molar-refractivity contribution in [3.05, 3.63) is 18.2 Å². The quantitative estimate of drug-likeness (QED) is 0.843. The van der Waals surface area contributed by atoms with Gasteiger partial charge in [0.05, 0.1) is 0 Å². The highest BCUT2D eigenvalue weighted by Crippen LogP contribution is 2.31. The van der Waals surface area contributed by atoms with Gasteiger partial charge in [0, 0.05) is 19.4 Å². The highest BCUT2D eigenvalue weighted by molar-refractivity contribution is 5.01. The summed E-state index contributed by atoms with van der Waals surface area (Å²) in [6.07, 6.45) is -0.797. The minimum Gasteiger partial charge on any atom is -0.336 e. The van der Waals surface area contributed by atoms with Gasteiger partial charge >= 0.3 is 6.18 Å². The highest BCUT2D eigenvalue weighted by atomic mass is 19.4. The molecule has 1 unspecified atom stereocenters. The predicted octanol–water partition coefficient (Wildman–Crippen LogP) is 2.02. The molecule has 1 heterocycles. The lowest BCUT2D eigenvalue weighted by molar-refractivity contribution is -0.159. The molecule has 0 radical (unpaired) electrons. The molecule has 0 aromatic carbocycles. The first-order valence-corrected chi connectivity index (χ1v) is 4.74. The number of hydrogen-bond acceptors (Lipinski definition) is 2. The summed E-state index contributed by atoms with van der Waals surface area (Å²) in [5, 5.41) is 2.44. The number of aromatic nitrogens is 2. The summed E-state index contributed by atoms with van der Waals surface area (Å²) in [7, 11) is 1.55. The number of rotatable bonds is 4. The Morgan fingerprint density at radius 2 is 2.20 bits per heavy atom. The van der Waals surface area contributed by atoms with Crippen molar-refractivity contribution in [1.29, 1.82) is 0 Å². The van der Waals surface area contributed by atoms with Gasteiger partial charge in [-0.15, -0.1) is 0 Å². The zero-order valence-corrected chi connectivity index (χ0v) is 8.67. The van der Waals surface area contributed by atoms with Gasteiger partial charge in [-0.25, -0.2) is 4.98 Å². The third kappa shape index (κ3) is 2.95. The molecule has 0 saturated heterocycles. The molecule has 0 aliphatic heterocycles. The van der Waals surface area contributed by atoms with Crippen molar-refractivity contribution in [2.75, 3.05) is 6.54 Å². The molecule has 6 heteroatoms. The molecule has 0 aliphatic rings. The fourth-order valence-corrected chi connectivity index (χ4v) is 1.30. The number of hydrogen-bond donors (Lipinski definition) is 1. The molecule has 1 rings (SSSR count). The van der Waals surface area contributed by atoms with Crippen LogP contribution in [-0.4, -0.2) is 22.3 Å². The monoisotopic (exact) mass is 221 g/mol. The summed E-state index contributed by atoms with van der Waals surface area (Å²) in [5.74, 6) is -0.00375. The summed E-state index contributed by atoms with van der Waals surface area (Å²) in [6, 6.07) is -1.68. The third-order valence-electron chi connectivity index (χ3n) is 2.04. The van der Waals surface area contributed by atoms with Crippen molar-refractivity contribution in [3.63, 3.8) is 0 Å². The topological polar surface area (TPSA) is 29.9 Å². The van der Waals surface area contributed by atoms with Crippen molar-refractivity contribution >= 4 is 0 Å². The van der Waals surface area contributed by atoms with E-state index in [4.69, 9.17) is 0 Å². The minimum absolute atomic E-state index is 0.00375. The zero-order valence-electron chi connectivity index (χ0n) is 8.67. The summed E-state index contributed by atoms with van der Waals surface area (Å²) < 4.78 is 39.4. The zero-order chi connectivity index (χ0) is 11.5. The van der Waals surface area contributed by atoms with Gasteiger partial charge in [-0.05, 0) is 13.0 Å². The van der Waals surface area contributed by atoms with Crippen LogP contribution in [0.25, 0.3) is 0 Å². The van der Waals surface area contributed by atoms with E-state index >= 15 is 0 Å². The van der Waals surface area contributed by atoms with Crippen molar-refractivity contribution in [3.8, 4) is 0 Å². The summed E-state index contributed by atoms with van der Waals surface area (Å²) in [4.78, 5) is 3.72. The molecule has 0 saturated carbocycles. The van der Waals surface area contributed by atoms with E-state index in [1.807, 2.05) is 6.92 Å². The van der Waals surface area contributed by atoms with E-state index in [-0.39, 0.29) is 5.82 Å². The van der Waals surface area contributed by atoms with Crippen molar-refractivity contribution in [2.24, 2.45) is 7.05 Å². The summed E-state index contributed by atoms with van der Waals surface area (Å²) in [6.45, 7) is 2.13. The van der Waals surface area contributed by atoms with Crippen LogP contribution in [0.5, 0.6) is 0 Å². The van der Waals surface area contributed by atoms with Gasteiger partial charge in [-0.3, -0.25) is 5.32 Å². The molecule has 1 atom stereocenters. The molecule has 86 valence electrons. The first-order valence-electron chi connectivity index (χ1n) is 4.74. The van der Waals surface area contributed by atoms with Crippen LogP contribution < -0.4 is 5.32 Å². The predicted molar refractivity (Wildman–Crippen MR) is 50.3 cm³/mol. The van der Waals surface area contributed by atoms with Crippen LogP contribution in [0.1, 0.15) is 25.2 Å². The molecule has 0 bridgehead atoms. The molecular weight excluding hydrogens is 207 g/mol. The SMILES string of the molecule is CCCNC(c1nccn1C)C(F)(F)F. The molecule has 1 aromatic rings. The Kier molecular flexibility index (Phi) is 3.73. The van der Waals surface area contributed by atoms with Gasteiger partial charge < -0.3 is 4.57 Å². The smallest absolute Gasteiger partial charge is 0.336 e. The fourth-order valence-electron chi connectivity index (χ4n) is 1.30. The van der Waals surface area contributed by atoms with Gasteiger partial charge in [-0.1, -0.05) is 6.92 Å². The van der Waals surface area contributed by atoms with E-state index in [0.29, 0.717) is 13.0 Å².